The third kappa shape index (κ3) is 2.88. The van der Waals surface area contributed by atoms with Gasteiger partial charge in [0.25, 0.3) is 0 Å². The van der Waals surface area contributed by atoms with Crippen LogP contribution in [0.5, 0.6) is 0 Å². The average molecular weight is 278 g/mol. The number of fused-ring (bicyclic) bond motifs is 2. The summed E-state index contributed by atoms with van der Waals surface area (Å²) >= 11 is 1.96. The molecule has 2 nitrogen and oxygen atoms in total. The summed E-state index contributed by atoms with van der Waals surface area (Å²) in [5.41, 5.74) is 6.22. The zero-order valence-corrected chi connectivity index (χ0v) is 13.0. The molecule has 2 aliphatic heterocycles. The maximum atomic E-state index is 6.22. The lowest BCUT2D eigenvalue weighted by Gasteiger charge is -2.51. The van der Waals surface area contributed by atoms with Gasteiger partial charge in [0.05, 0.1) is 0 Å². The highest BCUT2D eigenvalue weighted by molar-refractivity contribution is 7.11. The van der Waals surface area contributed by atoms with Gasteiger partial charge in [0.1, 0.15) is 0 Å². The number of nitrogens with two attached hydrogens (primary N) is 1. The molecule has 3 heterocycles. The average Bonchev–Trinajstić information content (AvgIpc) is 2.73. The summed E-state index contributed by atoms with van der Waals surface area (Å²) in [7, 11) is 0. The maximum absolute atomic E-state index is 6.22. The van der Waals surface area contributed by atoms with E-state index in [9.17, 15) is 0 Å². The van der Waals surface area contributed by atoms with Crippen molar-refractivity contribution < 1.29 is 0 Å². The third-order valence-corrected chi connectivity index (χ3v) is 5.89. The van der Waals surface area contributed by atoms with E-state index in [1.165, 1.54) is 48.3 Å². The Hall–Kier alpha value is -0.380. The summed E-state index contributed by atoms with van der Waals surface area (Å²) < 4.78 is 0. The molecule has 1 aromatic heterocycles. The largest absolute Gasteiger partial charge is 0.328 e. The smallest absolute Gasteiger partial charge is 0.0121 e. The first kappa shape index (κ1) is 13.6. The molecule has 2 N–H and O–H groups in total. The molecule has 0 aliphatic carbocycles. The SMILES string of the molecule is Cc1ccc(CC(C)N2C3CCCC2CC(N)C3)s1. The van der Waals surface area contributed by atoms with Gasteiger partial charge in [-0.05, 0) is 58.1 Å². The van der Waals surface area contributed by atoms with Crippen LogP contribution in [0, 0.1) is 6.92 Å². The highest BCUT2D eigenvalue weighted by Crippen LogP contribution is 2.36. The molecule has 19 heavy (non-hydrogen) atoms. The van der Waals surface area contributed by atoms with E-state index < -0.39 is 0 Å². The van der Waals surface area contributed by atoms with Crippen molar-refractivity contribution in [2.45, 2.75) is 76.5 Å². The van der Waals surface area contributed by atoms with Crippen LogP contribution < -0.4 is 5.73 Å². The Bertz CT molecular complexity index is 414. The standard InChI is InChI=1S/C16H26N2S/c1-11(8-16-7-6-12(2)19-16)18-14-4-3-5-15(18)10-13(17)9-14/h6-7,11,13-15H,3-5,8-10,17H2,1-2H3. The molecule has 106 valence electrons. The molecule has 0 aromatic carbocycles. The van der Waals surface area contributed by atoms with Crippen molar-refractivity contribution in [3.63, 3.8) is 0 Å². The van der Waals surface area contributed by atoms with Crippen LogP contribution in [0.2, 0.25) is 0 Å². The first-order valence-electron chi connectivity index (χ1n) is 7.72. The fourth-order valence-corrected chi connectivity index (χ4v) is 5.18. The molecule has 2 aliphatic rings. The van der Waals surface area contributed by atoms with E-state index >= 15 is 0 Å². The molecule has 0 saturated carbocycles. The molecule has 0 spiro atoms. The fraction of sp³-hybridized carbons (Fsp3) is 0.750. The molecule has 1 aromatic rings. The summed E-state index contributed by atoms with van der Waals surface area (Å²) in [5.74, 6) is 0. The number of thiophene rings is 1. The Labute approximate surface area is 121 Å². The second-order valence-electron chi connectivity index (χ2n) is 6.48. The van der Waals surface area contributed by atoms with Crippen molar-refractivity contribution in [1.29, 1.82) is 0 Å². The third-order valence-electron chi connectivity index (χ3n) is 4.87. The topological polar surface area (TPSA) is 29.3 Å². The lowest BCUT2D eigenvalue weighted by molar-refractivity contribution is 0.000817. The van der Waals surface area contributed by atoms with Gasteiger partial charge in [-0.25, -0.2) is 0 Å². The van der Waals surface area contributed by atoms with Gasteiger partial charge in [0, 0.05) is 33.9 Å². The van der Waals surface area contributed by atoms with Crippen molar-refractivity contribution in [1.82, 2.24) is 4.90 Å². The quantitative estimate of drug-likeness (QED) is 0.919. The van der Waals surface area contributed by atoms with Crippen molar-refractivity contribution >= 4 is 11.3 Å². The van der Waals surface area contributed by atoms with E-state index in [2.05, 4.69) is 30.9 Å². The summed E-state index contributed by atoms with van der Waals surface area (Å²) in [5, 5.41) is 0. The van der Waals surface area contributed by atoms with Crippen LogP contribution in [0.4, 0.5) is 0 Å². The number of piperidine rings is 2. The van der Waals surface area contributed by atoms with Gasteiger partial charge in [-0.1, -0.05) is 6.42 Å². The molecule has 3 unspecified atom stereocenters. The van der Waals surface area contributed by atoms with Crippen LogP contribution in [-0.4, -0.2) is 29.1 Å². The van der Waals surface area contributed by atoms with Gasteiger partial charge >= 0.3 is 0 Å². The van der Waals surface area contributed by atoms with Crippen LogP contribution in [0.3, 0.4) is 0 Å². The Kier molecular flexibility index (Phi) is 3.97. The summed E-state index contributed by atoms with van der Waals surface area (Å²) in [6, 6.07) is 7.17. The molecule has 3 rings (SSSR count). The Morgan fingerprint density at radius 2 is 2.00 bits per heavy atom. The molecule has 3 heteroatoms. The minimum atomic E-state index is 0.447. The van der Waals surface area contributed by atoms with Crippen molar-refractivity contribution in [3.8, 4) is 0 Å². The van der Waals surface area contributed by atoms with Crippen molar-refractivity contribution in [3.05, 3.63) is 21.9 Å². The van der Waals surface area contributed by atoms with Crippen molar-refractivity contribution in [2.24, 2.45) is 5.73 Å². The maximum Gasteiger partial charge on any atom is 0.0121 e. The predicted molar refractivity (Wildman–Crippen MR) is 82.7 cm³/mol. The van der Waals surface area contributed by atoms with Gasteiger partial charge < -0.3 is 5.73 Å². The summed E-state index contributed by atoms with van der Waals surface area (Å²) in [6.07, 6.45) is 7.76. The first-order valence-corrected chi connectivity index (χ1v) is 8.53. The normalized spacial score (nSPS) is 33.3. The Balaban J connectivity index is 1.70. The molecular formula is C16H26N2S. The van der Waals surface area contributed by atoms with Gasteiger partial charge in [0.2, 0.25) is 0 Å². The minimum Gasteiger partial charge on any atom is -0.328 e. The van der Waals surface area contributed by atoms with Crippen LogP contribution in [0.1, 0.15) is 48.8 Å². The van der Waals surface area contributed by atoms with Gasteiger partial charge in [0.15, 0.2) is 0 Å². The lowest BCUT2D eigenvalue weighted by atomic mass is 9.81. The zero-order chi connectivity index (χ0) is 13.4. The van der Waals surface area contributed by atoms with Crippen LogP contribution in [0.25, 0.3) is 0 Å². The Morgan fingerprint density at radius 1 is 1.32 bits per heavy atom. The fourth-order valence-electron chi connectivity index (χ4n) is 4.17. The monoisotopic (exact) mass is 278 g/mol. The summed E-state index contributed by atoms with van der Waals surface area (Å²) in [6.45, 7) is 4.62. The van der Waals surface area contributed by atoms with E-state index in [-0.39, 0.29) is 0 Å². The second kappa shape index (κ2) is 5.55. The minimum absolute atomic E-state index is 0.447. The van der Waals surface area contributed by atoms with E-state index in [0.717, 1.165) is 12.1 Å². The number of hydrogen-bond acceptors (Lipinski definition) is 3. The molecule has 2 saturated heterocycles. The summed E-state index contributed by atoms with van der Waals surface area (Å²) in [4.78, 5) is 5.78. The zero-order valence-electron chi connectivity index (χ0n) is 12.1. The van der Waals surface area contributed by atoms with E-state index in [4.69, 9.17) is 5.73 Å². The van der Waals surface area contributed by atoms with Crippen LogP contribution >= 0.6 is 11.3 Å². The highest BCUT2D eigenvalue weighted by atomic mass is 32.1. The van der Waals surface area contributed by atoms with E-state index in [1.54, 1.807) is 0 Å². The van der Waals surface area contributed by atoms with Crippen LogP contribution in [0.15, 0.2) is 12.1 Å². The number of nitrogens with zero attached hydrogens (tertiary/aromatic N) is 1. The number of rotatable bonds is 3. The van der Waals surface area contributed by atoms with Gasteiger partial charge in [-0.2, -0.15) is 0 Å². The molecule has 2 fully saturated rings. The molecule has 0 radical (unpaired) electrons. The molecule has 3 atom stereocenters. The van der Waals surface area contributed by atoms with E-state index in [1.807, 2.05) is 11.3 Å². The number of aryl methyl sites for hydroxylation is 1. The molecule has 0 amide bonds. The van der Waals surface area contributed by atoms with E-state index in [0.29, 0.717) is 12.1 Å². The number of hydrogen-bond donors (Lipinski definition) is 1. The van der Waals surface area contributed by atoms with Crippen LogP contribution in [-0.2, 0) is 6.42 Å². The second-order valence-corrected chi connectivity index (χ2v) is 7.86. The lowest BCUT2D eigenvalue weighted by Crippen LogP contribution is -2.58. The van der Waals surface area contributed by atoms with Gasteiger partial charge in [-0.3, -0.25) is 4.90 Å². The molecule has 2 bridgehead atoms. The molecular weight excluding hydrogens is 252 g/mol. The first-order chi connectivity index (χ1) is 9.13. The van der Waals surface area contributed by atoms with Crippen molar-refractivity contribution in [2.75, 3.05) is 0 Å². The highest BCUT2D eigenvalue weighted by Gasteiger charge is 2.39. The predicted octanol–water partition coefficient (Wildman–Crippen LogP) is 3.33. The Morgan fingerprint density at radius 3 is 2.58 bits per heavy atom. The van der Waals surface area contributed by atoms with Gasteiger partial charge in [-0.15, -0.1) is 11.3 Å².